The molecule has 0 aromatic carbocycles. The number of unbranched alkanes of at least 4 members (excludes halogenated alkanes) is 51. The molecule has 3 N–H and O–H groups in total. The molecule has 0 aromatic heterocycles. The lowest BCUT2D eigenvalue weighted by Gasteiger charge is -2.19. The maximum atomic E-state index is 12.8. The van der Waals surface area contributed by atoms with Crippen LogP contribution in [0.2, 0.25) is 0 Å². The summed E-state index contributed by atoms with van der Waals surface area (Å²) in [6.07, 6.45) is 109. The lowest BCUT2D eigenvalue weighted by Crippen LogP contribution is -2.29. The molecule has 2 unspecified atom stereocenters. The predicted octanol–water partition coefficient (Wildman–Crippen LogP) is 27.7. The second kappa shape index (κ2) is 80.2. The lowest BCUT2D eigenvalue weighted by molar-refractivity contribution is -0.161. The summed E-state index contributed by atoms with van der Waals surface area (Å²) in [5.41, 5.74) is 5.42. The minimum absolute atomic E-state index is 0.0540. The number of carbonyl (C=O) groups is 2. The zero-order valence-corrected chi connectivity index (χ0v) is 63.6. The van der Waals surface area contributed by atoms with Gasteiger partial charge in [-0.1, -0.05) is 394 Å². The fourth-order valence-electron chi connectivity index (χ4n) is 12.2. The van der Waals surface area contributed by atoms with E-state index in [1.807, 2.05) is 0 Å². The van der Waals surface area contributed by atoms with Crippen molar-refractivity contribution in [1.29, 1.82) is 0 Å². The van der Waals surface area contributed by atoms with Crippen LogP contribution in [-0.2, 0) is 32.7 Å². The molecule has 0 aromatic rings. The number of phosphoric ester groups is 1. The number of rotatable bonds is 78. The third kappa shape index (κ3) is 80.1. The van der Waals surface area contributed by atoms with Gasteiger partial charge in [0.05, 0.1) is 13.2 Å². The fourth-order valence-corrected chi connectivity index (χ4v) is 13.0. The Kier molecular flexibility index (Phi) is 77.8. The standard InChI is InChI=1S/C85H156NO8P/c1-3-5-7-9-11-13-15-17-19-21-23-25-27-29-31-33-35-37-39-41-43-45-47-49-51-53-55-57-59-61-63-65-67-69-71-73-75-77-84(87)91-81-83(82-93-95(89,90)92-80-79-86)94-85(88)78-76-74-72-70-68-66-64-62-60-58-56-54-52-50-48-46-44-42-40-38-36-34-32-30-28-26-24-22-20-18-16-14-12-10-8-6-4-2/h6,8,12,14,18,20-21,23-24,26,30,32,36,38,83H,3-5,7,9-11,13,15-17,19,22,25,27-29,31,33-35,37,39-82,86H2,1-2H3,(H,89,90)/b8-6-,14-12-,20-18-,23-21-,26-24-,32-30-,38-36-. The Morgan fingerprint density at radius 3 is 0.874 bits per heavy atom. The Labute approximate surface area is 589 Å². The molecule has 0 aliphatic heterocycles. The molecule has 0 saturated carbocycles. The van der Waals surface area contributed by atoms with Crippen LogP contribution in [0.15, 0.2) is 85.1 Å². The van der Waals surface area contributed by atoms with Crippen LogP contribution in [0.25, 0.3) is 0 Å². The van der Waals surface area contributed by atoms with Gasteiger partial charge in [0.25, 0.3) is 0 Å². The Morgan fingerprint density at radius 1 is 0.326 bits per heavy atom. The third-order valence-electron chi connectivity index (χ3n) is 18.3. The van der Waals surface area contributed by atoms with Crippen LogP contribution in [0.5, 0.6) is 0 Å². The van der Waals surface area contributed by atoms with Gasteiger partial charge in [0.15, 0.2) is 6.10 Å². The topological polar surface area (TPSA) is 134 Å². The maximum absolute atomic E-state index is 12.8. The largest absolute Gasteiger partial charge is 0.472 e. The first-order valence-electron chi connectivity index (χ1n) is 41.1. The maximum Gasteiger partial charge on any atom is 0.472 e. The van der Waals surface area contributed by atoms with Crippen molar-refractivity contribution in [3.63, 3.8) is 0 Å². The first-order valence-corrected chi connectivity index (χ1v) is 42.6. The van der Waals surface area contributed by atoms with Crippen molar-refractivity contribution in [2.24, 2.45) is 5.73 Å². The smallest absolute Gasteiger partial charge is 0.462 e. The summed E-state index contributed by atoms with van der Waals surface area (Å²) in [7, 11) is -4.40. The van der Waals surface area contributed by atoms with Gasteiger partial charge in [0, 0.05) is 19.4 Å². The van der Waals surface area contributed by atoms with Gasteiger partial charge in [-0.3, -0.25) is 18.6 Å². The normalized spacial score (nSPS) is 13.3. The summed E-state index contributed by atoms with van der Waals surface area (Å²) >= 11 is 0. The number of phosphoric acid groups is 1. The number of ether oxygens (including phenoxy) is 2. The molecule has 0 amide bonds. The van der Waals surface area contributed by atoms with Crippen LogP contribution < -0.4 is 5.73 Å². The van der Waals surface area contributed by atoms with Crippen molar-refractivity contribution >= 4 is 19.8 Å². The molecule has 0 spiro atoms. The van der Waals surface area contributed by atoms with Gasteiger partial charge in [-0.2, -0.15) is 0 Å². The summed E-state index contributed by atoms with van der Waals surface area (Å²) in [5, 5.41) is 0. The number of esters is 2. The van der Waals surface area contributed by atoms with Crippen LogP contribution in [0.3, 0.4) is 0 Å². The highest BCUT2D eigenvalue weighted by Crippen LogP contribution is 2.43. The molecule has 9 nitrogen and oxygen atoms in total. The van der Waals surface area contributed by atoms with E-state index in [0.29, 0.717) is 6.42 Å². The highest BCUT2D eigenvalue weighted by Gasteiger charge is 2.26. The van der Waals surface area contributed by atoms with E-state index in [9.17, 15) is 19.0 Å². The van der Waals surface area contributed by atoms with Crippen molar-refractivity contribution < 1.29 is 37.6 Å². The minimum Gasteiger partial charge on any atom is -0.462 e. The van der Waals surface area contributed by atoms with Gasteiger partial charge >= 0.3 is 19.8 Å². The van der Waals surface area contributed by atoms with Crippen molar-refractivity contribution in [2.75, 3.05) is 26.4 Å². The number of allylic oxidation sites excluding steroid dienone is 14. The molecule has 0 aliphatic rings. The molecule has 0 bridgehead atoms. The summed E-state index contributed by atoms with van der Waals surface area (Å²) in [4.78, 5) is 35.5. The molecule has 2 atom stereocenters. The van der Waals surface area contributed by atoms with Crippen LogP contribution in [0.4, 0.5) is 0 Å². The number of hydrogen-bond acceptors (Lipinski definition) is 8. The zero-order chi connectivity index (χ0) is 68.6. The summed E-state index contributed by atoms with van der Waals surface area (Å²) in [6.45, 7) is 3.70. The highest BCUT2D eigenvalue weighted by molar-refractivity contribution is 7.47. The Hall–Kier alpha value is -2.81. The van der Waals surface area contributed by atoms with E-state index < -0.39 is 26.5 Å². The van der Waals surface area contributed by atoms with Gasteiger partial charge in [-0.15, -0.1) is 0 Å². The zero-order valence-electron chi connectivity index (χ0n) is 62.7. The van der Waals surface area contributed by atoms with Crippen molar-refractivity contribution in [3.8, 4) is 0 Å². The van der Waals surface area contributed by atoms with Crippen LogP contribution >= 0.6 is 7.82 Å². The van der Waals surface area contributed by atoms with Crippen molar-refractivity contribution in [2.45, 2.75) is 418 Å². The van der Waals surface area contributed by atoms with Crippen LogP contribution in [0, 0.1) is 0 Å². The molecule has 0 aliphatic carbocycles. The molecule has 0 heterocycles. The quantitative estimate of drug-likeness (QED) is 0.0264. The average molecular weight is 1350 g/mol. The van der Waals surface area contributed by atoms with Crippen molar-refractivity contribution in [3.05, 3.63) is 85.1 Å². The second-order valence-electron chi connectivity index (χ2n) is 27.6. The molecule has 0 fully saturated rings. The van der Waals surface area contributed by atoms with Gasteiger partial charge in [0.1, 0.15) is 6.61 Å². The summed E-state index contributed by atoms with van der Waals surface area (Å²) in [6, 6.07) is 0. The van der Waals surface area contributed by atoms with Crippen LogP contribution in [-0.4, -0.2) is 49.3 Å². The van der Waals surface area contributed by atoms with Crippen LogP contribution in [0.1, 0.15) is 412 Å². The molecule has 10 heteroatoms. The van der Waals surface area contributed by atoms with E-state index in [1.165, 1.54) is 302 Å². The Morgan fingerprint density at radius 2 is 0.579 bits per heavy atom. The van der Waals surface area contributed by atoms with Gasteiger partial charge in [-0.05, 0) is 89.9 Å². The molecule has 554 valence electrons. The van der Waals surface area contributed by atoms with Gasteiger partial charge in [0.2, 0.25) is 0 Å². The molecular formula is C85H156NO8P. The first kappa shape index (κ1) is 92.2. The van der Waals surface area contributed by atoms with Crippen molar-refractivity contribution in [1.82, 2.24) is 0 Å². The molecule has 0 saturated heterocycles. The molecule has 0 radical (unpaired) electrons. The third-order valence-corrected chi connectivity index (χ3v) is 19.2. The van der Waals surface area contributed by atoms with E-state index in [-0.39, 0.29) is 38.6 Å². The number of nitrogens with two attached hydrogens (primary N) is 1. The predicted molar refractivity (Wildman–Crippen MR) is 413 cm³/mol. The average Bonchev–Trinajstić information content (AvgIpc) is 2.64. The second-order valence-corrected chi connectivity index (χ2v) is 29.1. The lowest BCUT2D eigenvalue weighted by atomic mass is 10.0. The van der Waals surface area contributed by atoms with Gasteiger partial charge < -0.3 is 20.1 Å². The SMILES string of the molecule is CC/C=C\C/C=C\C/C=C\C/C=C\C/C=C\C/C=C\CCCCCCCCCCCCCCCCCCCCC(=O)OC(COC(=O)CCCCCCCCCCCCCCCCCCCCCCCCCCC/C=C\CCCCCCCCCC)COP(=O)(O)OCCN. The van der Waals surface area contributed by atoms with E-state index in [0.717, 1.165) is 77.0 Å². The molecule has 0 rings (SSSR count). The molecule has 95 heavy (non-hydrogen) atoms. The number of carbonyl (C=O) groups excluding carboxylic acids is 2. The Balaban J connectivity index is 3.77. The summed E-state index contributed by atoms with van der Waals surface area (Å²) < 4.78 is 33.3. The van der Waals surface area contributed by atoms with E-state index >= 15 is 0 Å². The van der Waals surface area contributed by atoms with E-state index in [4.69, 9.17) is 24.3 Å². The van der Waals surface area contributed by atoms with E-state index in [1.54, 1.807) is 0 Å². The minimum atomic E-state index is -4.40. The number of hydrogen-bond donors (Lipinski definition) is 2. The molecular weight excluding hydrogens is 1190 g/mol. The highest BCUT2D eigenvalue weighted by atomic mass is 31.2. The fraction of sp³-hybridized carbons (Fsp3) is 0.812. The summed E-state index contributed by atoms with van der Waals surface area (Å²) in [5.74, 6) is -0.807. The van der Waals surface area contributed by atoms with E-state index in [2.05, 4.69) is 98.9 Å². The van der Waals surface area contributed by atoms with Gasteiger partial charge in [-0.25, -0.2) is 4.57 Å². The Bertz CT molecular complexity index is 1840. The first-order chi connectivity index (χ1) is 46.8. The monoisotopic (exact) mass is 1350 g/mol.